The van der Waals surface area contributed by atoms with Crippen molar-refractivity contribution in [2.45, 2.75) is 26.3 Å². The molecular weight excluding hydrogens is 226 g/mol. The summed E-state index contributed by atoms with van der Waals surface area (Å²) in [4.78, 5) is 11.3. The molecule has 0 aliphatic carbocycles. The number of hydrogen-bond acceptors (Lipinski definition) is 3. The smallest absolute Gasteiger partial charge is 0.307 e. The summed E-state index contributed by atoms with van der Waals surface area (Å²) in [6.45, 7) is 4.09. The average Bonchev–Trinajstić information content (AvgIpc) is 2.21. The highest BCUT2D eigenvalue weighted by atomic mass is 35.5. The zero-order chi connectivity index (χ0) is 12.1. The number of esters is 1. The third kappa shape index (κ3) is 3.51. The number of halogens is 1. The summed E-state index contributed by atoms with van der Waals surface area (Å²) in [5, 5.41) is 0.625. The predicted molar refractivity (Wildman–Crippen MR) is 64.4 cm³/mol. The summed E-state index contributed by atoms with van der Waals surface area (Å²) in [6, 6.07) is 5.12. The summed E-state index contributed by atoms with van der Waals surface area (Å²) < 4.78 is 4.85. The molecule has 0 heterocycles. The van der Waals surface area contributed by atoms with Gasteiger partial charge in [-0.05, 0) is 37.1 Å². The first-order valence-electron chi connectivity index (χ1n) is 5.21. The molecule has 0 fully saturated rings. The van der Waals surface area contributed by atoms with Gasteiger partial charge in [-0.1, -0.05) is 17.7 Å². The van der Waals surface area contributed by atoms with E-state index in [0.717, 1.165) is 11.1 Å². The first kappa shape index (κ1) is 13.0. The van der Waals surface area contributed by atoms with Crippen LogP contribution in [0.15, 0.2) is 18.2 Å². The zero-order valence-corrected chi connectivity index (χ0v) is 10.3. The molecule has 0 amide bonds. The van der Waals surface area contributed by atoms with Crippen LogP contribution in [0.25, 0.3) is 0 Å². The third-order valence-corrected chi connectivity index (χ3v) is 2.57. The van der Waals surface area contributed by atoms with E-state index >= 15 is 0 Å². The minimum atomic E-state index is -0.363. The Morgan fingerprint density at radius 3 is 2.88 bits per heavy atom. The number of nitrogens with two attached hydrogens (primary N) is 1. The van der Waals surface area contributed by atoms with Gasteiger partial charge in [0.2, 0.25) is 0 Å². The molecule has 88 valence electrons. The first-order valence-corrected chi connectivity index (χ1v) is 5.59. The number of aryl methyl sites for hydroxylation is 1. The van der Waals surface area contributed by atoms with Gasteiger partial charge in [0, 0.05) is 11.1 Å². The Hall–Kier alpha value is -1.06. The Balaban J connectivity index is 2.76. The third-order valence-electron chi connectivity index (χ3n) is 2.33. The van der Waals surface area contributed by atoms with Crippen molar-refractivity contribution >= 4 is 17.6 Å². The number of benzene rings is 1. The second-order valence-electron chi connectivity index (χ2n) is 3.62. The van der Waals surface area contributed by atoms with Gasteiger partial charge in [-0.25, -0.2) is 0 Å². The average molecular weight is 242 g/mol. The Labute approximate surface area is 101 Å². The summed E-state index contributed by atoms with van der Waals surface area (Å²) in [7, 11) is 0. The second-order valence-corrected chi connectivity index (χ2v) is 4.05. The van der Waals surface area contributed by atoms with Crippen molar-refractivity contribution in [2.24, 2.45) is 5.73 Å². The minimum Gasteiger partial charge on any atom is -0.466 e. The van der Waals surface area contributed by atoms with E-state index in [1.54, 1.807) is 19.1 Å². The van der Waals surface area contributed by atoms with Crippen molar-refractivity contribution < 1.29 is 9.53 Å². The lowest BCUT2D eigenvalue weighted by molar-refractivity contribution is -0.143. The van der Waals surface area contributed by atoms with Crippen LogP contribution in [0.3, 0.4) is 0 Å². The van der Waals surface area contributed by atoms with E-state index in [1.807, 2.05) is 13.0 Å². The van der Waals surface area contributed by atoms with E-state index in [0.29, 0.717) is 11.6 Å². The number of rotatable bonds is 4. The van der Waals surface area contributed by atoms with E-state index in [-0.39, 0.29) is 18.4 Å². The van der Waals surface area contributed by atoms with Gasteiger partial charge in [0.1, 0.15) is 0 Å². The van der Waals surface area contributed by atoms with Crippen molar-refractivity contribution in [3.05, 3.63) is 34.3 Å². The molecule has 3 nitrogen and oxygen atoms in total. The van der Waals surface area contributed by atoms with E-state index in [9.17, 15) is 4.79 Å². The van der Waals surface area contributed by atoms with Crippen LogP contribution in [-0.2, 0) is 9.53 Å². The molecule has 1 aromatic rings. The second kappa shape index (κ2) is 5.87. The molecule has 0 radical (unpaired) electrons. The van der Waals surface area contributed by atoms with Gasteiger partial charge in [0.15, 0.2) is 0 Å². The lowest BCUT2D eigenvalue weighted by Gasteiger charge is -2.14. The number of carbonyl (C=O) groups is 1. The van der Waals surface area contributed by atoms with Gasteiger partial charge in [-0.2, -0.15) is 0 Å². The highest BCUT2D eigenvalue weighted by Gasteiger charge is 2.14. The maximum absolute atomic E-state index is 11.3. The van der Waals surface area contributed by atoms with Crippen LogP contribution in [0, 0.1) is 6.92 Å². The quantitative estimate of drug-likeness (QED) is 0.825. The maximum atomic E-state index is 11.3. The normalized spacial score (nSPS) is 12.2. The van der Waals surface area contributed by atoms with Gasteiger partial charge in [-0.15, -0.1) is 0 Å². The fraction of sp³-hybridized carbons (Fsp3) is 0.417. The van der Waals surface area contributed by atoms with Gasteiger partial charge < -0.3 is 10.5 Å². The van der Waals surface area contributed by atoms with Gasteiger partial charge in [0.25, 0.3) is 0 Å². The molecule has 2 N–H and O–H groups in total. The Kier molecular flexibility index (Phi) is 4.77. The van der Waals surface area contributed by atoms with E-state index < -0.39 is 0 Å². The van der Waals surface area contributed by atoms with Crippen molar-refractivity contribution in [3.63, 3.8) is 0 Å². The Bertz CT molecular complexity index is 379. The number of carbonyl (C=O) groups excluding carboxylic acids is 1. The highest BCUT2D eigenvalue weighted by molar-refractivity contribution is 6.30. The van der Waals surface area contributed by atoms with Crippen LogP contribution < -0.4 is 5.73 Å². The molecule has 1 aromatic carbocycles. The van der Waals surface area contributed by atoms with Crippen LogP contribution in [-0.4, -0.2) is 12.6 Å². The standard InChI is InChI=1S/C12H16ClNO2/c1-3-16-12(15)7-11(14)10-6-9(13)5-4-8(10)2/h4-6,11H,3,7,14H2,1-2H3. The maximum Gasteiger partial charge on any atom is 0.307 e. The molecule has 0 aliphatic rings. The van der Waals surface area contributed by atoms with E-state index in [2.05, 4.69) is 0 Å². The molecule has 0 aromatic heterocycles. The van der Waals surface area contributed by atoms with Crippen molar-refractivity contribution in [3.8, 4) is 0 Å². The van der Waals surface area contributed by atoms with Crippen LogP contribution in [0.2, 0.25) is 5.02 Å². The molecule has 1 atom stereocenters. The molecule has 1 unspecified atom stereocenters. The molecule has 1 rings (SSSR count). The van der Waals surface area contributed by atoms with E-state index in [1.165, 1.54) is 0 Å². The summed E-state index contributed by atoms with van der Waals surface area (Å²) in [5.74, 6) is -0.283. The molecule has 0 spiro atoms. The Morgan fingerprint density at radius 2 is 2.25 bits per heavy atom. The summed E-state index contributed by atoms with van der Waals surface area (Å²) in [5.41, 5.74) is 7.85. The van der Waals surface area contributed by atoms with Crippen LogP contribution in [0.4, 0.5) is 0 Å². The van der Waals surface area contributed by atoms with Crippen LogP contribution in [0.1, 0.15) is 30.5 Å². The van der Waals surface area contributed by atoms with Crippen molar-refractivity contribution in [2.75, 3.05) is 6.61 Å². The lowest BCUT2D eigenvalue weighted by Crippen LogP contribution is -2.18. The van der Waals surface area contributed by atoms with Crippen LogP contribution in [0.5, 0.6) is 0 Å². The molecule has 0 bridgehead atoms. The zero-order valence-electron chi connectivity index (χ0n) is 9.50. The fourth-order valence-corrected chi connectivity index (χ4v) is 1.70. The molecule has 4 heteroatoms. The first-order chi connectivity index (χ1) is 7.54. The van der Waals surface area contributed by atoms with E-state index in [4.69, 9.17) is 22.1 Å². The summed E-state index contributed by atoms with van der Waals surface area (Å²) in [6.07, 6.45) is 0.176. The number of ether oxygens (including phenoxy) is 1. The van der Waals surface area contributed by atoms with Crippen molar-refractivity contribution in [1.29, 1.82) is 0 Å². The lowest BCUT2D eigenvalue weighted by atomic mass is 10.00. The SMILES string of the molecule is CCOC(=O)CC(N)c1cc(Cl)ccc1C. The van der Waals surface area contributed by atoms with Crippen molar-refractivity contribution in [1.82, 2.24) is 0 Å². The Morgan fingerprint density at radius 1 is 1.56 bits per heavy atom. The molecule has 0 saturated heterocycles. The topological polar surface area (TPSA) is 52.3 Å². The van der Waals surface area contributed by atoms with Gasteiger partial charge in [0.05, 0.1) is 13.0 Å². The predicted octanol–water partition coefficient (Wildman–Crippen LogP) is 2.60. The largest absolute Gasteiger partial charge is 0.466 e. The monoisotopic (exact) mass is 241 g/mol. The van der Waals surface area contributed by atoms with Gasteiger partial charge >= 0.3 is 5.97 Å². The molecule has 0 aliphatic heterocycles. The number of hydrogen-bond donors (Lipinski definition) is 1. The molecular formula is C12H16ClNO2. The van der Waals surface area contributed by atoms with Gasteiger partial charge in [-0.3, -0.25) is 4.79 Å². The summed E-state index contributed by atoms with van der Waals surface area (Å²) >= 11 is 5.89. The molecule has 0 saturated carbocycles. The van der Waals surface area contributed by atoms with Crippen LogP contribution >= 0.6 is 11.6 Å². The fourth-order valence-electron chi connectivity index (χ4n) is 1.52. The molecule has 16 heavy (non-hydrogen) atoms. The highest BCUT2D eigenvalue weighted by Crippen LogP contribution is 2.22. The minimum absolute atomic E-state index is 0.176.